The molecule has 1 aliphatic rings. The second-order valence-corrected chi connectivity index (χ2v) is 5.26. The normalized spacial score (nSPS) is 22.6. The molecular weight excluding hydrogens is 224 g/mol. The maximum atomic E-state index is 9.53. The highest BCUT2D eigenvalue weighted by Gasteiger charge is 2.20. The van der Waals surface area contributed by atoms with Gasteiger partial charge >= 0.3 is 0 Å². The average molecular weight is 248 g/mol. The van der Waals surface area contributed by atoms with E-state index >= 15 is 0 Å². The van der Waals surface area contributed by atoms with Crippen LogP contribution >= 0.6 is 0 Å². The van der Waals surface area contributed by atoms with Crippen LogP contribution in [0.5, 0.6) is 0 Å². The summed E-state index contributed by atoms with van der Waals surface area (Å²) in [6.07, 6.45) is 4.79. The van der Waals surface area contributed by atoms with Crippen LogP contribution in [0, 0.1) is 0 Å². The Bertz CT molecular complexity index is 361. The fraction of sp³-hybridized carbons (Fsp3) is 0.600. The van der Waals surface area contributed by atoms with Gasteiger partial charge in [0.2, 0.25) is 0 Å². The summed E-state index contributed by atoms with van der Waals surface area (Å²) < 4.78 is 0. The zero-order valence-corrected chi connectivity index (χ0v) is 11.2. The molecule has 0 aromatic heterocycles. The summed E-state index contributed by atoms with van der Waals surface area (Å²) in [5.41, 5.74) is 8.24. The molecule has 2 atom stereocenters. The van der Waals surface area contributed by atoms with Crippen molar-refractivity contribution in [3.63, 3.8) is 0 Å². The Morgan fingerprint density at radius 2 is 2.00 bits per heavy atom. The Kier molecular flexibility index (Phi) is 4.61. The highest BCUT2D eigenvalue weighted by atomic mass is 16.3. The lowest BCUT2D eigenvalue weighted by Gasteiger charge is -2.31. The van der Waals surface area contributed by atoms with Gasteiger partial charge in [-0.1, -0.05) is 25.0 Å². The van der Waals surface area contributed by atoms with Crippen LogP contribution in [0.4, 0.5) is 5.69 Å². The first-order chi connectivity index (χ1) is 8.72. The minimum absolute atomic E-state index is 0.0804. The second kappa shape index (κ2) is 6.21. The highest BCUT2D eigenvalue weighted by molar-refractivity contribution is 5.49. The van der Waals surface area contributed by atoms with Crippen molar-refractivity contribution in [1.29, 1.82) is 0 Å². The lowest BCUT2D eigenvalue weighted by molar-refractivity contribution is 0.255. The van der Waals surface area contributed by atoms with Gasteiger partial charge in [-0.05, 0) is 37.5 Å². The van der Waals surface area contributed by atoms with Gasteiger partial charge in [0, 0.05) is 18.3 Å². The standard InChI is InChI=1S/C15H24N2O/c1-12(16)13-6-8-14(9-7-13)17-10-4-2-3-5-15(17)11-18/h6-9,12,15,18H,2-5,10-11,16H2,1H3. The fourth-order valence-corrected chi connectivity index (χ4v) is 2.68. The largest absolute Gasteiger partial charge is 0.394 e. The number of aliphatic hydroxyl groups excluding tert-OH is 1. The monoisotopic (exact) mass is 248 g/mol. The van der Waals surface area contributed by atoms with Crippen LogP contribution in [0.2, 0.25) is 0 Å². The number of hydrogen-bond donors (Lipinski definition) is 2. The third-order valence-corrected chi connectivity index (χ3v) is 3.84. The summed E-state index contributed by atoms with van der Waals surface area (Å²) in [6, 6.07) is 8.81. The molecule has 0 spiro atoms. The van der Waals surface area contributed by atoms with Gasteiger partial charge in [0.25, 0.3) is 0 Å². The van der Waals surface area contributed by atoms with E-state index in [0.29, 0.717) is 0 Å². The van der Waals surface area contributed by atoms with E-state index in [1.807, 2.05) is 6.92 Å². The average Bonchev–Trinajstić information content (AvgIpc) is 2.63. The summed E-state index contributed by atoms with van der Waals surface area (Å²) in [5.74, 6) is 0. The molecule has 18 heavy (non-hydrogen) atoms. The molecule has 1 aliphatic heterocycles. The van der Waals surface area contributed by atoms with E-state index in [1.54, 1.807) is 0 Å². The summed E-state index contributed by atoms with van der Waals surface area (Å²) in [4.78, 5) is 2.35. The van der Waals surface area contributed by atoms with Crippen molar-refractivity contribution in [3.8, 4) is 0 Å². The van der Waals surface area contributed by atoms with Crippen molar-refractivity contribution < 1.29 is 5.11 Å². The van der Waals surface area contributed by atoms with Gasteiger partial charge in [0.05, 0.1) is 12.6 Å². The van der Waals surface area contributed by atoms with Gasteiger partial charge in [0.15, 0.2) is 0 Å². The van der Waals surface area contributed by atoms with Crippen molar-refractivity contribution in [2.24, 2.45) is 5.73 Å². The number of hydrogen-bond acceptors (Lipinski definition) is 3. The number of anilines is 1. The van der Waals surface area contributed by atoms with Crippen molar-refractivity contribution >= 4 is 5.69 Å². The molecule has 1 fully saturated rings. The maximum Gasteiger partial charge on any atom is 0.0635 e. The molecule has 0 amide bonds. The van der Waals surface area contributed by atoms with Gasteiger partial charge in [-0.15, -0.1) is 0 Å². The van der Waals surface area contributed by atoms with E-state index in [4.69, 9.17) is 5.73 Å². The molecule has 0 aliphatic carbocycles. The zero-order chi connectivity index (χ0) is 13.0. The topological polar surface area (TPSA) is 49.5 Å². The molecule has 2 unspecified atom stereocenters. The Morgan fingerprint density at radius 3 is 2.61 bits per heavy atom. The van der Waals surface area contributed by atoms with E-state index in [-0.39, 0.29) is 18.7 Å². The first-order valence-electron chi connectivity index (χ1n) is 6.95. The Balaban J connectivity index is 2.16. The van der Waals surface area contributed by atoms with Crippen LogP contribution in [-0.4, -0.2) is 24.3 Å². The molecule has 1 heterocycles. The molecular formula is C15H24N2O. The van der Waals surface area contributed by atoms with Crippen molar-refractivity contribution in [3.05, 3.63) is 29.8 Å². The van der Waals surface area contributed by atoms with Gasteiger partial charge in [0.1, 0.15) is 0 Å². The number of nitrogens with zero attached hydrogens (tertiary/aromatic N) is 1. The fourth-order valence-electron chi connectivity index (χ4n) is 2.68. The van der Waals surface area contributed by atoms with Crippen LogP contribution in [0.15, 0.2) is 24.3 Å². The molecule has 2 rings (SSSR count). The lowest BCUT2D eigenvalue weighted by Crippen LogP contribution is -2.37. The third kappa shape index (κ3) is 3.03. The van der Waals surface area contributed by atoms with Gasteiger partial charge in [-0.3, -0.25) is 0 Å². The van der Waals surface area contributed by atoms with Crippen molar-refractivity contribution in [2.75, 3.05) is 18.1 Å². The summed E-state index contributed by atoms with van der Waals surface area (Å²) in [5, 5.41) is 9.53. The molecule has 0 bridgehead atoms. The van der Waals surface area contributed by atoms with E-state index in [2.05, 4.69) is 29.2 Å². The first kappa shape index (κ1) is 13.4. The molecule has 100 valence electrons. The molecule has 3 heteroatoms. The SMILES string of the molecule is CC(N)c1ccc(N2CCCCCC2CO)cc1. The number of benzene rings is 1. The minimum Gasteiger partial charge on any atom is -0.394 e. The molecule has 1 aromatic carbocycles. The number of rotatable bonds is 3. The second-order valence-electron chi connectivity index (χ2n) is 5.26. The number of nitrogens with two attached hydrogens (primary N) is 1. The Labute approximate surface area is 110 Å². The van der Waals surface area contributed by atoms with Crippen LogP contribution < -0.4 is 10.6 Å². The van der Waals surface area contributed by atoms with E-state index in [9.17, 15) is 5.11 Å². The van der Waals surface area contributed by atoms with Gasteiger partial charge in [-0.25, -0.2) is 0 Å². The highest BCUT2D eigenvalue weighted by Crippen LogP contribution is 2.25. The predicted octanol–water partition coefficient (Wildman–Crippen LogP) is 2.45. The van der Waals surface area contributed by atoms with Crippen LogP contribution in [-0.2, 0) is 0 Å². The molecule has 3 N–H and O–H groups in total. The maximum absolute atomic E-state index is 9.53. The van der Waals surface area contributed by atoms with Crippen molar-refractivity contribution in [1.82, 2.24) is 0 Å². The third-order valence-electron chi connectivity index (χ3n) is 3.84. The summed E-state index contributed by atoms with van der Waals surface area (Å²) in [6.45, 7) is 3.29. The predicted molar refractivity (Wildman–Crippen MR) is 75.7 cm³/mol. The van der Waals surface area contributed by atoms with Crippen molar-refractivity contribution in [2.45, 2.75) is 44.7 Å². The smallest absolute Gasteiger partial charge is 0.0635 e. The summed E-state index contributed by atoms with van der Waals surface area (Å²) in [7, 11) is 0. The van der Waals surface area contributed by atoms with Gasteiger partial charge < -0.3 is 15.7 Å². The van der Waals surface area contributed by atoms with Crippen LogP contribution in [0.3, 0.4) is 0 Å². The van der Waals surface area contributed by atoms with E-state index < -0.39 is 0 Å². The molecule has 1 saturated heterocycles. The molecule has 1 aromatic rings. The number of aliphatic hydroxyl groups is 1. The van der Waals surface area contributed by atoms with Gasteiger partial charge in [-0.2, -0.15) is 0 Å². The molecule has 0 saturated carbocycles. The van der Waals surface area contributed by atoms with Crippen LogP contribution in [0.25, 0.3) is 0 Å². The molecule has 3 nitrogen and oxygen atoms in total. The Hall–Kier alpha value is -1.06. The Morgan fingerprint density at radius 1 is 1.28 bits per heavy atom. The van der Waals surface area contributed by atoms with E-state index in [1.165, 1.54) is 24.9 Å². The van der Waals surface area contributed by atoms with E-state index in [0.717, 1.165) is 18.5 Å². The minimum atomic E-state index is 0.0804. The molecule has 0 radical (unpaired) electrons. The van der Waals surface area contributed by atoms with Crippen LogP contribution in [0.1, 0.15) is 44.2 Å². The summed E-state index contributed by atoms with van der Waals surface area (Å²) >= 11 is 0. The first-order valence-corrected chi connectivity index (χ1v) is 6.95. The lowest BCUT2D eigenvalue weighted by atomic mass is 10.1. The zero-order valence-electron chi connectivity index (χ0n) is 11.2. The quantitative estimate of drug-likeness (QED) is 0.864.